The first-order chi connectivity index (χ1) is 15.8. The van der Waals surface area contributed by atoms with Gasteiger partial charge in [-0.3, -0.25) is 13.9 Å². The molecule has 0 radical (unpaired) electrons. The summed E-state index contributed by atoms with van der Waals surface area (Å²) in [6.45, 7) is 8.94. The standard InChI is InChI=1S/C25H34ClN3O4S/c1-7-19(4)27-25(31)20(5)28(15-21-8-10-22(26)11-9-21)24(30)16-29(34(6,32)33)23-13-17(2)12-18(3)14-23/h8-14,19-20H,7,15-16H2,1-6H3,(H,27,31). The quantitative estimate of drug-likeness (QED) is 0.525. The highest BCUT2D eigenvalue weighted by atomic mass is 35.5. The number of nitrogens with zero attached hydrogens (tertiary/aromatic N) is 2. The molecule has 0 aliphatic heterocycles. The first-order valence-corrected chi connectivity index (χ1v) is 13.4. The number of carbonyl (C=O) groups excluding carboxylic acids is 2. The number of hydrogen-bond donors (Lipinski definition) is 1. The topological polar surface area (TPSA) is 86.8 Å². The van der Waals surface area contributed by atoms with Crippen molar-refractivity contribution in [2.24, 2.45) is 0 Å². The van der Waals surface area contributed by atoms with E-state index in [4.69, 9.17) is 11.6 Å². The molecule has 0 fully saturated rings. The zero-order chi connectivity index (χ0) is 25.6. The number of benzene rings is 2. The van der Waals surface area contributed by atoms with Crippen molar-refractivity contribution < 1.29 is 18.0 Å². The second kappa shape index (κ2) is 11.7. The molecule has 1 N–H and O–H groups in total. The molecule has 0 aliphatic carbocycles. The van der Waals surface area contributed by atoms with Crippen LogP contribution in [0.1, 0.15) is 43.9 Å². The Bertz CT molecular complexity index is 1100. The molecule has 0 aliphatic rings. The lowest BCUT2D eigenvalue weighted by Gasteiger charge is -2.32. The molecule has 2 unspecified atom stereocenters. The van der Waals surface area contributed by atoms with Crippen molar-refractivity contribution in [1.82, 2.24) is 10.2 Å². The molecule has 2 amide bonds. The molecule has 0 spiro atoms. The van der Waals surface area contributed by atoms with Crippen molar-refractivity contribution in [3.8, 4) is 0 Å². The Labute approximate surface area is 208 Å². The molecular formula is C25H34ClN3O4S. The van der Waals surface area contributed by atoms with E-state index in [-0.39, 0.29) is 18.5 Å². The maximum absolute atomic E-state index is 13.5. The number of sulfonamides is 1. The van der Waals surface area contributed by atoms with E-state index in [2.05, 4.69) is 5.32 Å². The number of nitrogens with one attached hydrogen (secondary N) is 1. The first kappa shape index (κ1) is 27.7. The predicted octanol–water partition coefficient (Wildman–Crippen LogP) is 4.05. The number of carbonyl (C=O) groups is 2. The van der Waals surface area contributed by atoms with Crippen LogP contribution >= 0.6 is 11.6 Å². The van der Waals surface area contributed by atoms with Crippen molar-refractivity contribution in [3.63, 3.8) is 0 Å². The largest absolute Gasteiger partial charge is 0.352 e. The Morgan fingerprint density at radius 1 is 1.03 bits per heavy atom. The van der Waals surface area contributed by atoms with Gasteiger partial charge in [0.25, 0.3) is 0 Å². The van der Waals surface area contributed by atoms with Crippen LogP contribution in [0.25, 0.3) is 0 Å². The third-order valence-corrected chi connectivity index (χ3v) is 7.00. The van der Waals surface area contributed by atoms with Crippen LogP contribution in [0.4, 0.5) is 5.69 Å². The molecule has 2 rings (SSSR count). The van der Waals surface area contributed by atoms with E-state index < -0.39 is 28.5 Å². The molecule has 0 bridgehead atoms. The molecule has 34 heavy (non-hydrogen) atoms. The lowest BCUT2D eigenvalue weighted by atomic mass is 10.1. The van der Waals surface area contributed by atoms with Crippen molar-refractivity contribution in [1.29, 1.82) is 0 Å². The number of amides is 2. The summed E-state index contributed by atoms with van der Waals surface area (Å²) in [5.74, 6) is -0.777. The van der Waals surface area contributed by atoms with E-state index in [1.807, 2.05) is 33.8 Å². The Hall–Kier alpha value is -2.58. The summed E-state index contributed by atoms with van der Waals surface area (Å²) in [5.41, 5.74) is 2.96. The van der Waals surface area contributed by atoms with Crippen LogP contribution in [0.2, 0.25) is 5.02 Å². The number of hydrogen-bond acceptors (Lipinski definition) is 4. The van der Waals surface area contributed by atoms with Crippen molar-refractivity contribution >= 4 is 39.1 Å². The van der Waals surface area contributed by atoms with Gasteiger partial charge < -0.3 is 10.2 Å². The minimum Gasteiger partial charge on any atom is -0.352 e. The Morgan fingerprint density at radius 2 is 1.59 bits per heavy atom. The van der Waals surface area contributed by atoms with Gasteiger partial charge in [-0.25, -0.2) is 8.42 Å². The fourth-order valence-electron chi connectivity index (χ4n) is 3.54. The van der Waals surface area contributed by atoms with Crippen LogP contribution < -0.4 is 9.62 Å². The zero-order valence-electron chi connectivity index (χ0n) is 20.6. The average molecular weight is 508 g/mol. The highest BCUT2D eigenvalue weighted by molar-refractivity contribution is 7.92. The molecular weight excluding hydrogens is 474 g/mol. The van der Waals surface area contributed by atoms with Gasteiger partial charge in [0.1, 0.15) is 12.6 Å². The Morgan fingerprint density at radius 3 is 2.09 bits per heavy atom. The van der Waals surface area contributed by atoms with Crippen molar-refractivity contribution in [3.05, 3.63) is 64.2 Å². The third-order valence-electron chi connectivity index (χ3n) is 5.61. The smallest absolute Gasteiger partial charge is 0.244 e. The van der Waals surface area contributed by atoms with Gasteiger partial charge in [0, 0.05) is 17.6 Å². The second-order valence-corrected chi connectivity index (χ2v) is 11.1. The highest BCUT2D eigenvalue weighted by Gasteiger charge is 2.30. The van der Waals surface area contributed by atoms with Gasteiger partial charge in [0.2, 0.25) is 21.8 Å². The predicted molar refractivity (Wildman–Crippen MR) is 137 cm³/mol. The van der Waals surface area contributed by atoms with Gasteiger partial charge >= 0.3 is 0 Å². The number of rotatable bonds is 10. The van der Waals surface area contributed by atoms with Gasteiger partial charge in [0.15, 0.2) is 0 Å². The summed E-state index contributed by atoms with van der Waals surface area (Å²) in [6.07, 6.45) is 1.82. The lowest BCUT2D eigenvalue weighted by molar-refractivity contribution is -0.139. The monoisotopic (exact) mass is 507 g/mol. The van der Waals surface area contributed by atoms with Gasteiger partial charge in [-0.05, 0) is 75.1 Å². The second-order valence-electron chi connectivity index (χ2n) is 8.76. The van der Waals surface area contributed by atoms with E-state index >= 15 is 0 Å². The van der Waals surface area contributed by atoms with E-state index in [9.17, 15) is 18.0 Å². The molecule has 0 saturated carbocycles. The Balaban J connectivity index is 2.41. The van der Waals surface area contributed by atoms with Gasteiger partial charge in [0.05, 0.1) is 11.9 Å². The highest BCUT2D eigenvalue weighted by Crippen LogP contribution is 2.22. The summed E-state index contributed by atoms with van der Waals surface area (Å²) in [4.78, 5) is 27.8. The molecule has 9 heteroatoms. The zero-order valence-corrected chi connectivity index (χ0v) is 22.2. The van der Waals surface area contributed by atoms with Crippen molar-refractivity contribution in [2.75, 3.05) is 17.1 Å². The van der Waals surface area contributed by atoms with E-state index in [1.54, 1.807) is 43.3 Å². The van der Waals surface area contributed by atoms with Crippen molar-refractivity contribution in [2.45, 2.75) is 59.7 Å². The third kappa shape index (κ3) is 7.74. The van der Waals surface area contributed by atoms with Crippen LogP contribution in [-0.4, -0.2) is 50.0 Å². The van der Waals surface area contributed by atoms with E-state index in [0.717, 1.165) is 33.7 Å². The maximum Gasteiger partial charge on any atom is 0.244 e. The molecule has 7 nitrogen and oxygen atoms in total. The van der Waals surface area contributed by atoms with Gasteiger partial charge in [-0.1, -0.05) is 36.7 Å². The average Bonchev–Trinajstić information content (AvgIpc) is 2.74. The normalized spacial score (nSPS) is 13.1. The van der Waals surface area contributed by atoms with Crippen LogP contribution in [0.15, 0.2) is 42.5 Å². The van der Waals surface area contributed by atoms with E-state index in [0.29, 0.717) is 10.7 Å². The van der Waals surface area contributed by atoms with Crippen LogP contribution in [-0.2, 0) is 26.2 Å². The molecule has 0 saturated heterocycles. The summed E-state index contributed by atoms with van der Waals surface area (Å²) in [6, 6.07) is 11.5. The molecule has 2 aromatic rings. The molecule has 186 valence electrons. The number of halogens is 1. The van der Waals surface area contributed by atoms with Gasteiger partial charge in [-0.2, -0.15) is 0 Å². The van der Waals surface area contributed by atoms with Crippen LogP contribution in [0, 0.1) is 13.8 Å². The maximum atomic E-state index is 13.5. The van der Waals surface area contributed by atoms with Crippen LogP contribution in [0.5, 0.6) is 0 Å². The number of anilines is 1. The molecule has 0 aromatic heterocycles. The minimum absolute atomic E-state index is 0.0507. The summed E-state index contributed by atoms with van der Waals surface area (Å²) in [7, 11) is -3.76. The first-order valence-electron chi connectivity index (χ1n) is 11.2. The SMILES string of the molecule is CCC(C)NC(=O)C(C)N(Cc1ccc(Cl)cc1)C(=O)CN(c1cc(C)cc(C)c1)S(C)(=O)=O. The molecule has 2 aromatic carbocycles. The van der Waals surface area contributed by atoms with Gasteiger partial charge in [-0.15, -0.1) is 0 Å². The van der Waals surface area contributed by atoms with Crippen LogP contribution in [0.3, 0.4) is 0 Å². The number of aryl methyl sites for hydroxylation is 2. The Kier molecular flexibility index (Phi) is 9.53. The minimum atomic E-state index is -3.76. The summed E-state index contributed by atoms with van der Waals surface area (Å²) >= 11 is 5.99. The molecule has 0 heterocycles. The summed E-state index contributed by atoms with van der Waals surface area (Å²) < 4.78 is 26.4. The lowest BCUT2D eigenvalue weighted by Crippen LogP contribution is -2.52. The fraction of sp³-hybridized carbons (Fsp3) is 0.440. The fourth-order valence-corrected chi connectivity index (χ4v) is 4.50. The van der Waals surface area contributed by atoms with E-state index in [1.165, 1.54) is 4.90 Å². The molecule has 2 atom stereocenters. The summed E-state index contributed by atoms with van der Waals surface area (Å²) in [5, 5.41) is 3.46.